The normalized spacial score (nSPS) is 10.9. The zero-order valence-electron chi connectivity index (χ0n) is 8.63. The van der Waals surface area contributed by atoms with Gasteiger partial charge in [-0.15, -0.1) is 0 Å². The van der Waals surface area contributed by atoms with E-state index in [1.807, 2.05) is 6.07 Å². The molecule has 2 heterocycles. The summed E-state index contributed by atoms with van der Waals surface area (Å²) in [6.07, 6.45) is 1.62. The van der Waals surface area contributed by atoms with Crippen LogP contribution in [0.3, 0.4) is 0 Å². The van der Waals surface area contributed by atoms with Crippen molar-refractivity contribution >= 4 is 24.4 Å². The number of hydrogen-bond donors (Lipinski definition) is 0. The van der Waals surface area contributed by atoms with Gasteiger partial charge >= 0.3 is 102 Å². The summed E-state index contributed by atoms with van der Waals surface area (Å²) in [5.41, 5.74) is -0.168. The third-order valence-electron chi connectivity index (χ3n) is 2.42. The van der Waals surface area contributed by atoms with Gasteiger partial charge in [-0.25, -0.2) is 0 Å². The van der Waals surface area contributed by atoms with E-state index in [1.54, 1.807) is 34.0 Å². The summed E-state index contributed by atoms with van der Waals surface area (Å²) >= 11 is -0.369. The van der Waals surface area contributed by atoms with Crippen molar-refractivity contribution in [2.75, 3.05) is 0 Å². The maximum atomic E-state index is 13.6. The third kappa shape index (κ3) is 1.64. The second kappa shape index (κ2) is 3.95. The Labute approximate surface area is 102 Å². The summed E-state index contributed by atoms with van der Waals surface area (Å²) in [7, 11) is 0. The SMILES string of the molecule is O=c1c2cccc(F)c2[se]n1-c1ccccn1. The summed E-state index contributed by atoms with van der Waals surface area (Å²) in [4.78, 5) is 16.2. The van der Waals surface area contributed by atoms with Crippen LogP contribution in [0.1, 0.15) is 0 Å². The molecule has 3 aromatic rings. The fourth-order valence-corrected chi connectivity index (χ4v) is 3.68. The van der Waals surface area contributed by atoms with Crippen LogP contribution < -0.4 is 5.56 Å². The van der Waals surface area contributed by atoms with E-state index in [9.17, 15) is 9.18 Å². The second-order valence-corrected chi connectivity index (χ2v) is 5.50. The molecule has 3 nitrogen and oxygen atoms in total. The van der Waals surface area contributed by atoms with Crippen LogP contribution in [0.4, 0.5) is 4.39 Å². The van der Waals surface area contributed by atoms with Gasteiger partial charge in [0.1, 0.15) is 0 Å². The van der Waals surface area contributed by atoms with E-state index in [4.69, 9.17) is 0 Å². The van der Waals surface area contributed by atoms with Crippen molar-refractivity contribution < 1.29 is 4.39 Å². The van der Waals surface area contributed by atoms with Crippen molar-refractivity contribution in [3.8, 4) is 5.82 Å². The minimum atomic E-state index is -0.369. The molecule has 0 saturated heterocycles. The zero-order valence-corrected chi connectivity index (χ0v) is 10.3. The Morgan fingerprint density at radius 2 is 2.06 bits per heavy atom. The van der Waals surface area contributed by atoms with Gasteiger partial charge in [-0.1, -0.05) is 0 Å². The summed E-state index contributed by atoms with van der Waals surface area (Å²) in [5, 5.41) is 0.454. The molecule has 0 aliphatic rings. The first-order valence-corrected chi connectivity index (χ1v) is 6.61. The third-order valence-corrected chi connectivity index (χ3v) is 4.80. The van der Waals surface area contributed by atoms with Crippen molar-refractivity contribution in [3.05, 3.63) is 58.8 Å². The van der Waals surface area contributed by atoms with Crippen molar-refractivity contribution in [1.82, 2.24) is 8.55 Å². The summed E-state index contributed by atoms with van der Waals surface area (Å²) in [6.45, 7) is 0. The molecule has 0 fully saturated rings. The average molecular weight is 293 g/mol. The molecule has 1 aromatic carbocycles. The van der Waals surface area contributed by atoms with Gasteiger partial charge in [0.2, 0.25) is 0 Å². The molecule has 0 unspecified atom stereocenters. The molecule has 0 bridgehead atoms. The molecule has 0 radical (unpaired) electrons. The Morgan fingerprint density at radius 3 is 2.76 bits per heavy atom. The molecule has 0 atom stereocenters. The molecule has 3 rings (SSSR count). The number of halogens is 1. The van der Waals surface area contributed by atoms with Crippen LogP contribution in [0.25, 0.3) is 15.5 Å². The Bertz CT molecular complexity index is 733. The van der Waals surface area contributed by atoms with Crippen LogP contribution in [-0.4, -0.2) is 23.3 Å². The van der Waals surface area contributed by atoms with Gasteiger partial charge < -0.3 is 0 Å². The Balaban J connectivity index is 2.37. The van der Waals surface area contributed by atoms with E-state index in [0.29, 0.717) is 15.5 Å². The van der Waals surface area contributed by atoms with E-state index in [-0.39, 0.29) is 26.1 Å². The molecule has 0 spiro atoms. The molecular formula is C12H7FN2OSe. The van der Waals surface area contributed by atoms with E-state index < -0.39 is 0 Å². The molecule has 0 aliphatic heterocycles. The topological polar surface area (TPSA) is 34.9 Å². The molecule has 0 N–H and O–H groups in total. The van der Waals surface area contributed by atoms with Gasteiger partial charge in [-0.2, -0.15) is 0 Å². The van der Waals surface area contributed by atoms with Crippen molar-refractivity contribution in [2.45, 2.75) is 0 Å². The Hall–Kier alpha value is -1.71. The van der Waals surface area contributed by atoms with Gasteiger partial charge in [0.15, 0.2) is 0 Å². The van der Waals surface area contributed by atoms with E-state index in [1.165, 1.54) is 6.07 Å². The van der Waals surface area contributed by atoms with Gasteiger partial charge in [0, 0.05) is 0 Å². The molecular weight excluding hydrogens is 286 g/mol. The predicted molar refractivity (Wildman–Crippen MR) is 64.2 cm³/mol. The standard InChI is InChI=1S/C12H7FN2OSe/c13-9-5-3-4-8-11(9)17-15(12(8)16)10-6-1-2-7-14-10/h1-7H. The number of benzene rings is 1. The number of rotatable bonds is 1. The van der Waals surface area contributed by atoms with Gasteiger partial charge in [0.05, 0.1) is 0 Å². The second-order valence-electron chi connectivity index (χ2n) is 3.50. The molecule has 5 heteroatoms. The molecule has 0 saturated carbocycles. The van der Waals surface area contributed by atoms with Gasteiger partial charge in [-0.05, 0) is 0 Å². The van der Waals surface area contributed by atoms with Crippen LogP contribution in [-0.2, 0) is 0 Å². The van der Waals surface area contributed by atoms with Crippen LogP contribution >= 0.6 is 0 Å². The van der Waals surface area contributed by atoms with E-state index in [2.05, 4.69) is 4.98 Å². The van der Waals surface area contributed by atoms with Crippen LogP contribution in [0, 0.1) is 5.82 Å². The molecule has 84 valence electrons. The fraction of sp³-hybridized carbons (Fsp3) is 0. The quantitative estimate of drug-likeness (QED) is 0.639. The summed E-state index contributed by atoms with van der Waals surface area (Å²) < 4.78 is 15.6. The monoisotopic (exact) mass is 294 g/mol. The van der Waals surface area contributed by atoms with Crippen molar-refractivity contribution in [1.29, 1.82) is 0 Å². The van der Waals surface area contributed by atoms with Crippen LogP contribution in [0.15, 0.2) is 47.4 Å². The minimum absolute atomic E-state index is 0.168. The van der Waals surface area contributed by atoms with Crippen molar-refractivity contribution in [2.24, 2.45) is 0 Å². The number of hydrogen-bond acceptors (Lipinski definition) is 2. The Morgan fingerprint density at radius 1 is 1.18 bits per heavy atom. The fourth-order valence-electron chi connectivity index (χ4n) is 1.64. The maximum absolute atomic E-state index is 13.6. The van der Waals surface area contributed by atoms with Crippen LogP contribution in [0.5, 0.6) is 0 Å². The first-order chi connectivity index (χ1) is 8.27. The molecule has 17 heavy (non-hydrogen) atoms. The van der Waals surface area contributed by atoms with E-state index in [0.717, 1.165) is 0 Å². The van der Waals surface area contributed by atoms with Crippen molar-refractivity contribution in [3.63, 3.8) is 0 Å². The summed E-state index contributed by atoms with van der Waals surface area (Å²) in [5.74, 6) is 0.266. The average Bonchev–Trinajstić information content (AvgIpc) is 2.70. The molecule has 2 aromatic heterocycles. The number of pyridine rings is 1. The first-order valence-electron chi connectivity index (χ1n) is 4.99. The zero-order chi connectivity index (χ0) is 11.8. The Kier molecular flexibility index (Phi) is 2.42. The summed E-state index contributed by atoms with van der Waals surface area (Å²) in [6, 6.07) is 9.95. The first kappa shape index (κ1) is 10.4. The molecule has 0 aliphatic carbocycles. The van der Waals surface area contributed by atoms with E-state index >= 15 is 0 Å². The number of aromatic nitrogens is 2. The molecule has 0 amide bonds. The predicted octanol–water partition coefficient (Wildman–Crippen LogP) is 1.58. The number of nitrogens with zero attached hydrogens (tertiary/aromatic N) is 2. The van der Waals surface area contributed by atoms with Gasteiger partial charge in [-0.3, -0.25) is 0 Å². The van der Waals surface area contributed by atoms with Crippen LogP contribution in [0.2, 0.25) is 0 Å². The number of fused-ring (bicyclic) bond motifs is 1. The van der Waals surface area contributed by atoms with Gasteiger partial charge in [0.25, 0.3) is 0 Å².